The van der Waals surface area contributed by atoms with Crippen LogP contribution in [0.1, 0.15) is 122 Å². The lowest BCUT2D eigenvalue weighted by Gasteiger charge is -2.64. The molecule has 9 aliphatic rings. The fraction of sp³-hybridized carbons (Fsp3) is 0.542. The molecular weight excluding hydrogens is 975 g/mol. The molecule has 12 atom stereocenters. The Balaban J connectivity index is 1.15. The van der Waals surface area contributed by atoms with E-state index in [2.05, 4.69) is 18.2 Å². The Kier molecular flexibility index (Phi) is 13.2. The quantitative estimate of drug-likeness (QED) is 0.0790. The molecule has 4 bridgehead atoms. The van der Waals surface area contributed by atoms with Gasteiger partial charge in [-0.05, 0) is 131 Å². The van der Waals surface area contributed by atoms with Crippen molar-refractivity contribution in [1.29, 1.82) is 10.7 Å². The summed E-state index contributed by atoms with van der Waals surface area (Å²) in [4.78, 5) is 45.2. The number of ether oxygens (including phenoxy) is 9. The molecule has 0 aromatic heterocycles. The topological polar surface area (TPSA) is 226 Å². The van der Waals surface area contributed by atoms with Gasteiger partial charge in [0.1, 0.15) is 59.0 Å². The number of amidine groups is 1. The minimum Gasteiger partial charge on any atom is -0.482 e. The number of hydrogen-bond acceptors (Lipinski definition) is 16. The van der Waals surface area contributed by atoms with Gasteiger partial charge in [0.2, 0.25) is 6.29 Å². The van der Waals surface area contributed by atoms with Crippen LogP contribution in [-0.2, 0) is 39.7 Å². The summed E-state index contributed by atoms with van der Waals surface area (Å²) in [5.41, 5.74) is -0.0388. The number of nitrogens with zero attached hydrogens (tertiary/aromatic N) is 2. The van der Waals surface area contributed by atoms with E-state index in [9.17, 15) is 30.5 Å². The van der Waals surface area contributed by atoms with Gasteiger partial charge in [-0.1, -0.05) is 29.4 Å². The lowest BCUT2D eigenvalue weighted by molar-refractivity contribution is -0.373. The second kappa shape index (κ2) is 18.8. The lowest BCUT2D eigenvalue weighted by atomic mass is 9.44. The van der Waals surface area contributed by atoms with Gasteiger partial charge in [-0.3, -0.25) is 10.2 Å². The number of carbonyl (C=O) groups is 3. The molecular formula is C59H69N3O14. The first-order valence-electron chi connectivity index (χ1n) is 26.2. The summed E-state index contributed by atoms with van der Waals surface area (Å²) in [5, 5.41) is 42.8. The zero-order valence-corrected chi connectivity index (χ0v) is 45.3. The lowest BCUT2D eigenvalue weighted by Crippen LogP contribution is -2.76. The van der Waals surface area contributed by atoms with Gasteiger partial charge in [-0.15, -0.1) is 0 Å². The van der Waals surface area contributed by atoms with Crippen LogP contribution < -0.4 is 18.9 Å². The molecule has 17 heteroatoms. The zero-order valence-electron chi connectivity index (χ0n) is 45.3. The number of nitriles is 1. The number of ketones is 1. The minimum atomic E-state index is -1.72. The number of Topliss-reactive ketones (excluding diaryl/α,β-unsaturated/α-hetero) is 1. The van der Waals surface area contributed by atoms with Crippen molar-refractivity contribution in [2.24, 2.45) is 23.7 Å². The molecule has 5 unspecified atom stereocenters. The van der Waals surface area contributed by atoms with Crippen LogP contribution in [0.25, 0.3) is 11.8 Å². The smallest absolute Gasteiger partial charge is 0.343 e. The number of carbonyl (C=O) groups excluding carboxylic acids is 3. The van der Waals surface area contributed by atoms with Crippen molar-refractivity contribution in [2.45, 2.75) is 160 Å². The van der Waals surface area contributed by atoms with E-state index >= 15 is 4.79 Å². The molecule has 6 heterocycles. The molecule has 3 N–H and O–H groups in total. The van der Waals surface area contributed by atoms with Gasteiger partial charge in [0.25, 0.3) is 0 Å². The van der Waals surface area contributed by atoms with E-state index < -0.39 is 94.5 Å². The Bertz CT molecular complexity index is 3010. The Labute approximate surface area is 443 Å². The van der Waals surface area contributed by atoms with Crippen molar-refractivity contribution in [1.82, 2.24) is 4.90 Å². The molecule has 11 rings (SSSR count). The molecule has 3 saturated carbocycles. The molecule has 6 aliphatic heterocycles. The second-order valence-corrected chi connectivity index (χ2v) is 23.2. The van der Waals surface area contributed by atoms with E-state index in [0.29, 0.717) is 59.4 Å². The highest BCUT2D eigenvalue weighted by molar-refractivity contribution is 6.07. The summed E-state index contributed by atoms with van der Waals surface area (Å²) in [6.45, 7) is 19.1. The average molecular weight is 1040 g/mol. The number of fused-ring (bicyclic) bond motifs is 4. The number of hydrogen-bond donors (Lipinski definition) is 3. The fourth-order valence-corrected chi connectivity index (χ4v) is 13.1. The Morgan fingerprint density at radius 3 is 2.36 bits per heavy atom. The van der Waals surface area contributed by atoms with E-state index in [0.717, 1.165) is 5.57 Å². The summed E-state index contributed by atoms with van der Waals surface area (Å²) in [6.07, 6.45) is 5.96. The zero-order chi connectivity index (χ0) is 54.8. The first-order valence-corrected chi connectivity index (χ1v) is 26.2. The van der Waals surface area contributed by atoms with Crippen molar-refractivity contribution < 1.29 is 67.2 Å². The second-order valence-electron chi connectivity index (χ2n) is 23.2. The van der Waals surface area contributed by atoms with E-state index in [1.54, 1.807) is 38.8 Å². The van der Waals surface area contributed by atoms with Gasteiger partial charge in [-0.2, -0.15) is 5.26 Å². The summed E-state index contributed by atoms with van der Waals surface area (Å²) in [6, 6.07) is 8.47. The van der Waals surface area contributed by atoms with Crippen LogP contribution in [0, 0.1) is 40.4 Å². The largest absolute Gasteiger partial charge is 0.482 e. The molecule has 76 heavy (non-hydrogen) atoms. The van der Waals surface area contributed by atoms with E-state index in [4.69, 9.17) is 42.6 Å². The van der Waals surface area contributed by atoms with Crippen LogP contribution in [0.5, 0.6) is 23.0 Å². The maximum atomic E-state index is 15.7. The van der Waals surface area contributed by atoms with Crippen LogP contribution >= 0.6 is 0 Å². The normalized spacial score (nSPS) is 33.8. The van der Waals surface area contributed by atoms with Crippen LogP contribution in [-0.4, -0.2) is 118 Å². The van der Waals surface area contributed by atoms with Gasteiger partial charge >= 0.3 is 11.9 Å². The Morgan fingerprint density at radius 1 is 0.974 bits per heavy atom. The molecule has 1 spiro atoms. The number of esters is 2. The summed E-state index contributed by atoms with van der Waals surface area (Å²) in [5.74, 6) is -4.69. The molecule has 3 aliphatic carbocycles. The highest BCUT2D eigenvalue weighted by Crippen LogP contribution is 2.74. The van der Waals surface area contributed by atoms with E-state index in [1.807, 2.05) is 60.6 Å². The van der Waals surface area contributed by atoms with Crippen molar-refractivity contribution in [2.75, 3.05) is 20.8 Å². The van der Waals surface area contributed by atoms with E-state index in [-0.39, 0.29) is 53.0 Å². The monoisotopic (exact) mass is 1040 g/mol. The van der Waals surface area contributed by atoms with Gasteiger partial charge in [0.05, 0.1) is 47.8 Å². The Hall–Kier alpha value is -6.13. The van der Waals surface area contributed by atoms with Crippen molar-refractivity contribution in [3.8, 4) is 29.1 Å². The number of nitrogens with one attached hydrogen (secondary N) is 1. The fourth-order valence-electron chi connectivity index (χ4n) is 13.1. The molecule has 6 fully saturated rings. The van der Waals surface area contributed by atoms with E-state index in [1.165, 1.54) is 36.9 Å². The first kappa shape index (κ1) is 53.3. The van der Waals surface area contributed by atoms with Crippen LogP contribution in [0.15, 0.2) is 70.9 Å². The third kappa shape index (κ3) is 8.24. The molecule has 0 amide bonds. The maximum Gasteiger partial charge on any atom is 0.343 e. The van der Waals surface area contributed by atoms with Crippen LogP contribution in [0.2, 0.25) is 0 Å². The SMILES string of the molecule is COC(=O)C(C)=CCC12OC(C)(C)[C@H]3C[C@H](C1=O)C1C4=C(c5c(OC(=O)c6ccc(O[C@@H]7O[C@@H]8COC(C)(C)O[C@H]8[C@H](O)[C@H]7O)cc6)c6c(c(CC=C(C)C)c5OC432)OC(C)(CCC=C(C)C)C=C6)N(C)C(=N)C1C#N. The molecule has 2 aromatic rings. The Morgan fingerprint density at radius 2 is 1.68 bits per heavy atom. The van der Waals surface area contributed by atoms with Crippen molar-refractivity contribution in [3.63, 3.8) is 0 Å². The average Bonchev–Trinajstić information content (AvgIpc) is 2.84. The molecule has 404 valence electrons. The predicted octanol–water partition coefficient (Wildman–Crippen LogP) is 8.10. The van der Waals surface area contributed by atoms with Gasteiger partial charge < -0.3 is 57.7 Å². The van der Waals surface area contributed by atoms with Crippen molar-refractivity contribution >= 4 is 35.3 Å². The van der Waals surface area contributed by atoms with Crippen LogP contribution in [0.3, 0.4) is 0 Å². The highest BCUT2D eigenvalue weighted by Gasteiger charge is 2.84. The van der Waals surface area contributed by atoms with Gasteiger partial charge in [-0.25, -0.2) is 9.59 Å². The maximum absolute atomic E-state index is 15.7. The molecule has 3 saturated heterocycles. The molecule has 2 aromatic carbocycles. The minimum absolute atomic E-state index is 0.0323. The summed E-state index contributed by atoms with van der Waals surface area (Å²) in [7, 11) is 3.01. The first-order chi connectivity index (χ1) is 35.8. The number of aliphatic hydroxyl groups excluding tert-OH is 2. The third-order valence-corrected chi connectivity index (χ3v) is 16.7. The standard InChI is InChI=1S/C59H69N3O14/c1-29(2)14-13-23-57(10)24-22-35-46(74-57)34(20-15-30(3)4)48-41(47(35)72-53(67)32-16-18-33(19-17-32)70-54-45(64)44(63)49-38(71-54)28-69-56(8,9)73-49)43-42-40(37(27-60)51(61)62(43)11)36-26-39-55(6,7)76-58(50(36)65,59(39,42)75-48)25-21-31(5)52(66)68-12/h14-19,21-22,24,36-40,44-45,49,54,61,63-64H,13,20,23,25-26,28H2,1-12H3/t36-,37?,38+,39+,40?,44+,45+,49+,54+,57?,58?,59?/m0/s1. The number of benzene rings is 2. The predicted molar refractivity (Wildman–Crippen MR) is 277 cm³/mol. The number of allylic oxidation sites excluding steroid dienone is 4. The molecule has 0 radical (unpaired) electrons. The van der Waals surface area contributed by atoms with Crippen LogP contribution in [0.4, 0.5) is 0 Å². The number of methoxy groups -OCH3 is 1. The van der Waals surface area contributed by atoms with Gasteiger partial charge in [0, 0.05) is 47.9 Å². The third-order valence-electron chi connectivity index (χ3n) is 16.7. The molecule has 17 nitrogen and oxygen atoms in total. The summed E-state index contributed by atoms with van der Waals surface area (Å²) >= 11 is 0. The van der Waals surface area contributed by atoms with Gasteiger partial charge in [0.15, 0.2) is 28.5 Å². The highest BCUT2D eigenvalue weighted by atomic mass is 16.8. The number of aliphatic hydroxyl groups is 2. The summed E-state index contributed by atoms with van der Waals surface area (Å²) < 4.78 is 57.7. The number of rotatable bonds is 12. The van der Waals surface area contributed by atoms with Crippen molar-refractivity contribution in [3.05, 3.63) is 93.1 Å².